The highest BCUT2D eigenvalue weighted by molar-refractivity contribution is 6.22. The van der Waals surface area contributed by atoms with Gasteiger partial charge in [0.25, 0.3) is 0 Å². The van der Waals surface area contributed by atoms with E-state index in [0.29, 0.717) is 11.8 Å². The van der Waals surface area contributed by atoms with Crippen molar-refractivity contribution in [1.29, 1.82) is 0 Å². The van der Waals surface area contributed by atoms with Gasteiger partial charge in [-0.15, -0.1) is 0 Å². The predicted molar refractivity (Wildman–Crippen MR) is 87.7 cm³/mol. The molecule has 1 aromatic rings. The maximum Gasteiger partial charge on any atom is 0.237 e. The number of hydrogen-bond acceptors (Lipinski definition) is 2. The van der Waals surface area contributed by atoms with E-state index in [9.17, 15) is 9.59 Å². The largest absolute Gasteiger partial charge is 0.274 e. The molecule has 23 heavy (non-hydrogen) atoms. The summed E-state index contributed by atoms with van der Waals surface area (Å²) in [5.74, 6) is 2.61. The van der Waals surface area contributed by atoms with Gasteiger partial charge in [-0.25, -0.2) is 0 Å². The second-order valence-electron chi connectivity index (χ2n) is 7.95. The summed E-state index contributed by atoms with van der Waals surface area (Å²) in [6, 6.07) is 8.04. The van der Waals surface area contributed by atoms with Crippen LogP contribution in [0.1, 0.15) is 38.2 Å². The number of nitrogens with zero attached hydrogens (tertiary/aromatic N) is 1. The third-order valence-corrected chi connectivity index (χ3v) is 6.88. The van der Waals surface area contributed by atoms with Crippen molar-refractivity contribution in [2.75, 3.05) is 4.90 Å². The average Bonchev–Trinajstić information content (AvgIpc) is 3.34. The molecule has 3 heteroatoms. The summed E-state index contributed by atoms with van der Waals surface area (Å²) in [6.45, 7) is 2.16. The minimum absolute atomic E-state index is 0.0136. The Balaban J connectivity index is 1.48. The third-order valence-electron chi connectivity index (χ3n) is 6.88. The monoisotopic (exact) mass is 309 g/mol. The molecule has 6 rings (SSSR count). The molecule has 2 amide bonds. The Morgan fingerprint density at radius 2 is 1.48 bits per heavy atom. The first-order valence-electron chi connectivity index (χ1n) is 9.17. The molecule has 1 saturated heterocycles. The molecule has 0 spiro atoms. The van der Waals surface area contributed by atoms with Gasteiger partial charge in [0.15, 0.2) is 0 Å². The Hall–Kier alpha value is -1.64. The summed E-state index contributed by atoms with van der Waals surface area (Å²) < 4.78 is 0. The second-order valence-corrected chi connectivity index (χ2v) is 7.95. The van der Waals surface area contributed by atoms with E-state index in [1.807, 2.05) is 12.1 Å². The molecule has 5 aliphatic rings. The standard InChI is InChI=1S/C20H23NO2/c1-2-3-11-4-6-12(7-5-11)21-19(22)17-13-8-9-14(16-10-15(13)16)18(17)20(21)23/h4-7,13-18H,2-3,8-10H2,1H3/t13-,14+,15+,16-,17-,18+. The molecule has 0 radical (unpaired) electrons. The van der Waals surface area contributed by atoms with E-state index in [1.165, 1.54) is 16.9 Å². The van der Waals surface area contributed by atoms with Crippen LogP contribution < -0.4 is 4.90 Å². The molecular weight excluding hydrogens is 286 g/mol. The molecule has 0 unspecified atom stereocenters. The fourth-order valence-corrected chi connectivity index (χ4v) is 5.89. The predicted octanol–water partition coefficient (Wildman–Crippen LogP) is 3.42. The van der Waals surface area contributed by atoms with Gasteiger partial charge in [0.05, 0.1) is 17.5 Å². The van der Waals surface area contributed by atoms with Crippen molar-refractivity contribution >= 4 is 17.5 Å². The fourth-order valence-electron chi connectivity index (χ4n) is 5.89. The first kappa shape index (κ1) is 13.8. The number of fused-ring (bicyclic) bond motifs is 1. The average molecular weight is 309 g/mol. The SMILES string of the molecule is CCCc1ccc(N2C(=O)[C@@H]3[C@@H]4CC[C@@H]([C@H]5C[C@H]54)[C@@H]3C2=O)cc1. The maximum atomic E-state index is 13.0. The number of hydrogen-bond donors (Lipinski definition) is 0. The van der Waals surface area contributed by atoms with E-state index >= 15 is 0 Å². The molecule has 2 bridgehead atoms. The number of amides is 2. The van der Waals surface area contributed by atoms with Crippen molar-refractivity contribution < 1.29 is 9.59 Å². The molecule has 3 nitrogen and oxygen atoms in total. The Morgan fingerprint density at radius 1 is 0.913 bits per heavy atom. The zero-order valence-electron chi connectivity index (χ0n) is 13.6. The molecule has 4 aliphatic carbocycles. The number of carbonyl (C=O) groups is 2. The first-order valence-corrected chi connectivity index (χ1v) is 9.17. The van der Waals surface area contributed by atoms with Crippen molar-refractivity contribution in [2.24, 2.45) is 35.5 Å². The zero-order chi connectivity index (χ0) is 15.7. The zero-order valence-corrected chi connectivity index (χ0v) is 13.6. The van der Waals surface area contributed by atoms with E-state index < -0.39 is 0 Å². The van der Waals surface area contributed by atoms with Crippen LogP contribution in [0.15, 0.2) is 24.3 Å². The minimum atomic E-state index is -0.0136. The van der Waals surface area contributed by atoms with Crippen LogP contribution in [0.2, 0.25) is 0 Å². The third kappa shape index (κ3) is 1.76. The maximum absolute atomic E-state index is 13.0. The number of benzene rings is 1. The van der Waals surface area contributed by atoms with Crippen LogP contribution in [0.4, 0.5) is 5.69 Å². The van der Waals surface area contributed by atoms with Crippen LogP contribution in [0.3, 0.4) is 0 Å². The Kier molecular flexibility index (Phi) is 2.80. The highest BCUT2D eigenvalue weighted by Crippen LogP contribution is 2.68. The van der Waals surface area contributed by atoms with Gasteiger partial charge in [-0.05, 0) is 67.1 Å². The van der Waals surface area contributed by atoms with E-state index in [1.54, 1.807) is 0 Å². The quantitative estimate of drug-likeness (QED) is 0.802. The van der Waals surface area contributed by atoms with Crippen molar-refractivity contribution in [1.82, 2.24) is 0 Å². The number of imide groups is 1. The minimum Gasteiger partial charge on any atom is -0.274 e. The molecule has 120 valence electrons. The van der Waals surface area contributed by atoms with Crippen LogP contribution in [-0.4, -0.2) is 11.8 Å². The highest BCUT2D eigenvalue weighted by Gasteiger charge is 2.68. The Bertz CT molecular complexity index is 645. The van der Waals surface area contributed by atoms with E-state index in [2.05, 4.69) is 19.1 Å². The molecule has 1 aliphatic heterocycles. The summed E-state index contributed by atoms with van der Waals surface area (Å²) >= 11 is 0. The summed E-state index contributed by atoms with van der Waals surface area (Å²) in [4.78, 5) is 27.6. The number of carbonyl (C=O) groups excluding carboxylic acids is 2. The molecule has 6 atom stereocenters. The summed E-state index contributed by atoms with van der Waals surface area (Å²) in [5, 5.41) is 0. The number of aryl methyl sites for hydroxylation is 1. The smallest absolute Gasteiger partial charge is 0.237 e. The van der Waals surface area contributed by atoms with Gasteiger partial charge in [0, 0.05) is 0 Å². The summed E-state index contributed by atoms with van der Waals surface area (Å²) in [5.41, 5.74) is 2.05. The Labute approximate surface area is 137 Å². The van der Waals surface area contributed by atoms with Crippen LogP contribution in [0.25, 0.3) is 0 Å². The number of anilines is 1. The molecule has 5 fully saturated rings. The van der Waals surface area contributed by atoms with Gasteiger partial charge in [-0.2, -0.15) is 0 Å². The van der Waals surface area contributed by atoms with Crippen molar-refractivity contribution in [2.45, 2.75) is 39.0 Å². The van der Waals surface area contributed by atoms with E-state index in [0.717, 1.165) is 43.2 Å². The van der Waals surface area contributed by atoms with Crippen molar-refractivity contribution in [3.05, 3.63) is 29.8 Å². The van der Waals surface area contributed by atoms with Gasteiger partial charge in [0.1, 0.15) is 0 Å². The van der Waals surface area contributed by atoms with Crippen molar-refractivity contribution in [3.63, 3.8) is 0 Å². The topological polar surface area (TPSA) is 37.4 Å². The second kappa shape index (κ2) is 4.68. The number of rotatable bonds is 3. The van der Waals surface area contributed by atoms with Gasteiger partial charge in [0.2, 0.25) is 11.8 Å². The van der Waals surface area contributed by atoms with Crippen LogP contribution in [0, 0.1) is 35.5 Å². The van der Waals surface area contributed by atoms with Gasteiger partial charge in [-0.1, -0.05) is 25.5 Å². The van der Waals surface area contributed by atoms with Gasteiger partial charge >= 0.3 is 0 Å². The normalized spacial score (nSPS) is 40.3. The summed E-state index contributed by atoms with van der Waals surface area (Å²) in [6.07, 6.45) is 5.75. The van der Waals surface area contributed by atoms with Gasteiger partial charge in [-0.3, -0.25) is 14.5 Å². The van der Waals surface area contributed by atoms with Crippen molar-refractivity contribution in [3.8, 4) is 0 Å². The lowest BCUT2D eigenvalue weighted by atomic mass is 9.59. The molecule has 0 N–H and O–H groups in total. The van der Waals surface area contributed by atoms with E-state index in [4.69, 9.17) is 0 Å². The van der Waals surface area contributed by atoms with Crippen LogP contribution in [0.5, 0.6) is 0 Å². The lowest BCUT2D eigenvalue weighted by molar-refractivity contribution is -0.129. The van der Waals surface area contributed by atoms with Crippen LogP contribution in [-0.2, 0) is 16.0 Å². The Morgan fingerprint density at radius 3 is 2.00 bits per heavy atom. The van der Waals surface area contributed by atoms with Crippen LogP contribution >= 0.6 is 0 Å². The fraction of sp³-hybridized carbons (Fsp3) is 0.600. The first-order chi connectivity index (χ1) is 11.2. The molecule has 1 aromatic carbocycles. The lowest BCUT2D eigenvalue weighted by Crippen LogP contribution is -2.43. The molecule has 4 saturated carbocycles. The van der Waals surface area contributed by atoms with E-state index in [-0.39, 0.29) is 23.7 Å². The van der Waals surface area contributed by atoms with Gasteiger partial charge < -0.3 is 0 Å². The highest BCUT2D eigenvalue weighted by atomic mass is 16.2. The molecular formula is C20H23NO2. The lowest BCUT2D eigenvalue weighted by Gasteiger charge is -2.42. The molecule has 0 aromatic heterocycles. The summed E-state index contributed by atoms with van der Waals surface area (Å²) in [7, 11) is 0. The molecule has 1 heterocycles.